The number of ether oxygens (including phenoxy) is 2. The SMILES string of the molecule is COC(=O)CN(Cc1cccc(CN2CCCC2)c1)C1NC(OCC2CCCCC2)=NC(N)=C1[N+](=O)[O-]. The number of nitro groups is 1. The van der Waals surface area contributed by atoms with E-state index in [4.69, 9.17) is 15.2 Å². The van der Waals surface area contributed by atoms with Gasteiger partial charge in [0.15, 0.2) is 6.17 Å². The summed E-state index contributed by atoms with van der Waals surface area (Å²) in [5.41, 5.74) is 7.83. The maximum atomic E-state index is 12.3. The van der Waals surface area contributed by atoms with Crippen LogP contribution in [0.5, 0.6) is 0 Å². The molecular weight excluding hydrogens is 476 g/mol. The summed E-state index contributed by atoms with van der Waals surface area (Å²) in [6.45, 7) is 3.58. The molecule has 0 amide bonds. The average Bonchev–Trinajstić information content (AvgIpc) is 3.40. The summed E-state index contributed by atoms with van der Waals surface area (Å²) in [6, 6.07) is 8.23. The molecule has 2 aliphatic heterocycles. The van der Waals surface area contributed by atoms with Crippen molar-refractivity contribution in [3.8, 4) is 0 Å². The van der Waals surface area contributed by atoms with Crippen molar-refractivity contribution in [2.24, 2.45) is 16.6 Å². The number of carbonyl (C=O) groups excluding carboxylic acids is 1. The molecule has 2 heterocycles. The van der Waals surface area contributed by atoms with E-state index in [2.05, 4.69) is 27.3 Å². The number of benzene rings is 1. The molecule has 1 aromatic rings. The third-order valence-corrected chi connectivity index (χ3v) is 7.29. The average molecular weight is 515 g/mol. The Morgan fingerprint density at radius 2 is 1.95 bits per heavy atom. The molecule has 1 unspecified atom stereocenters. The van der Waals surface area contributed by atoms with Crippen molar-refractivity contribution in [1.29, 1.82) is 0 Å². The van der Waals surface area contributed by atoms with Gasteiger partial charge in [0.1, 0.15) is 0 Å². The molecular formula is C26H38N6O5. The monoisotopic (exact) mass is 514 g/mol. The molecule has 1 saturated heterocycles. The quantitative estimate of drug-likeness (QED) is 0.274. The molecule has 0 bridgehead atoms. The Labute approximate surface area is 217 Å². The third-order valence-electron chi connectivity index (χ3n) is 7.29. The number of nitrogens with zero attached hydrogens (tertiary/aromatic N) is 4. The van der Waals surface area contributed by atoms with Gasteiger partial charge in [0, 0.05) is 13.1 Å². The Balaban J connectivity index is 1.53. The minimum Gasteiger partial charge on any atom is -0.468 e. The first kappa shape index (κ1) is 26.9. The number of methoxy groups -OCH3 is 1. The normalized spacial score (nSPS) is 21.0. The molecule has 3 aliphatic rings. The predicted octanol–water partition coefficient (Wildman–Crippen LogP) is 2.54. The van der Waals surface area contributed by atoms with E-state index < -0.39 is 17.1 Å². The molecule has 37 heavy (non-hydrogen) atoms. The number of nitrogens with two attached hydrogens (primary N) is 1. The Hall–Kier alpha value is -3.18. The first-order chi connectivity index (χ1) is 17.9. The number of hydrogen-bond acceptors (Lipinski definition) is 10. The molecule has 2 fully saturated rings. The number of esters is 1. The van der Waals surface area contributed by atoms with Crippen LogP contribution in [-0.4, -0.2) is 66.2 Å². The van der Waals surface area contributed by atoms with Crippen molar-refractivity contribution in [3.05, 3.63) is 57.0 Å². The summed E-state index contributed by atoms with van der Waals surface area (Å²) in [5, 5.41) is 15.1. The predicted molar refractivity (Wildman–Crippen MR) is 138 cm³/mol. The van der Waals surface area contributed by atoms with Gasteiger partial charge in [0.2, 0.25) is 5.82 Å². The highest BCUT2D eigenvalue weighted by Crippen LogP contribution is 2.25. The largest absolute Gasteiger partial charge is 0.468 e. The number of nitrogens with one attached hydrogen (secondary N) is 1. The fourth-order valence-electron chi connectivity index (χ4n) is 5.34. The van der Waals surface area contributed by atoms with E-state index >= 15 is 0 Å². The summed E-state index contributed by atoms with van der Waals surface area (Å²) >= 11 is 0. The van der Waals surface area contributed by atoms with Gasteiger partial charge >= 0.3 is 11.7 Å². The Bertz CT molecular complexity index is 1020. The zero-order valence-electron chi connectivity index (χ0n) is 21.6. The molecule has 1 atom stereocenters. The van der Waals surface area contributed by atoms with Crippen LogP contribution in [-0.2, 0) is 27.4 Å². The van der Waals surface area contributed by atoms with Crippen LogP contribution in [0, 0.1) is 16.0 Å². The van der Waals surface area contributed by atoms with Gasteiger partial charge < -0.3 is 20.5 Å². The van der Waals surface area contributed by atoms with Gasteiger partial charge in [0.25, 0.3) is 6.02 Å². The minimum absolute atomic E-state index is 0.135. The molecule has 1 aromatic carbocycles. The first-order valence-corrected chi connectivity index (χ1v) is 13.2. The van der Waals surface area contributed by atoms with E-state index in [1.54, 1.807) is 4.90 Å². The molecule has 11 heteroatoms. The zero-order valence-corrected chi connectivity index (χ0v) is 21.6. The fourth-order valence-corrected chi connectivity index (χ4v) is 5.34. The molecule has 1 aliphatic carbocycles. The van der Waals surface area contributed by atoms with Gasteiger partial charge in [-0.25, -0.2) is 0 Å². The smallest absolute Gasteiger partial charge is 0.325 e. The van der Waals surface area contributed by atoms with Crippen molar-refractivity contribution < 1.29 is 19.2 Å². The lowest BCUT2D eigenvalue weighted by Gasteiger charge is -2.32. The second-order valence-electron chi connectivity index (χ2n) is 10.1. The van der Waals surface area contributed by atoms with Crippen LogP contribution in [0.4, 0.5) is 0 Å². The number of rotatable bonds is 10. The van der Waals surface area contributed by atoms with E-state index in [0.717, 1.165) is 43.6 Å². The highest BCUT2D eigenvalue weighted by molar-refractivity contribution is 5.77. The van der Waals surface area contributed by atoms with Crippen LogP contribution in [0.2, 0.25) is 0 Å². The maximum Gasteiger partial charge on any atom is 0.325 e. The standard InChI is InChI=1S/C26H38N6O5/c1-36-22(33)17-31(16-21-11-7-10-20(14-21)15-30-12-5-6-13-30)25-23(32(34)35)24(27)28-26(29-25)37-18-19-8-3-2-4-9-19/h7,10-11,14,19,25H,2-6,8-9,12-13,15-18,27H2,1H3,(H,28,29). The second kappa shape index (κ2) is 12.9. The number of aliphatic imine (C=N–C) groups is 1. The highest BCUT2D eigenvalue weighted by Gasteiger charge is 2.39. The lowest BCUT2D eigenvalue weighted by Crippen LogP contribution is -2.55. The topological polar surface area (TPSA) is 136 Å². The van der Waals surface area contributed by atoms with Gasteiger partial charge in [-0.05, 0) is 55.8 Å². The summed E-state index contributed by atoms with van der Waals surface area (Å²) in [4.78, 5) is 32.0. The van der Waals surface area contributed by atoms with E-state index in [-0.39, 0.29) is 30.6 Å². The van der Waals surface area contributed by atoms with E-state index in [0.29, 0.717) is 12.5 Å². The van der Waals surface area contributed by atoms with Crippen molar-refractivity contribution in [2.45, 2.75) is 64.2 Å². The van der Waals surface area contributed by atoms with Crippen molar-refractivity contribution in [1.82, 2.24) is 15.1 Å². The highest BCUT2D eigenvalue weighted by atomic mass is 16.6. The lowest BCUT2D eigenvalue weighted by molar-refractivity contribution is -0.435. The number of hydrogen-bond donors (Lipinski definition) is 2. The molecule has 0 aromatic heterocycles. The van der Waals surface area contributed by atoms with Gasteiger partial charge in [-0.3, -0.25) is 24.7 Å². The van der Waals surface area contributed by atoms with Crippen molar-refractivity contribution in [3.63, 3.8) is 0 Å². The Morgan fingerprint density at radius 1 is 1.22 bits per heavy atom. The van der Waals surface area contributed by atoms with Crippen LogP contribution in [0.3, 0.4) is 0 Å². The van der Waals surface area contributed by atoms with E-state index in [9.17, 15) is 14.9 Å². The molecule has 0 radical (unpaired) electrons. The first-order valence-electron chi connectivity index (χ1n) is 13.2. The molecule has 3 N–H and O–H groups in total. The molecule has 1 saturated carbocycles. The summed E-state index contributed by atoms with van der Waals surface area (Å²) < 4.78 is 10.8. The zero-order chi connectivity index (χ0) is 26.2. The van der Waals surface area contributed by atoms with Crippen LogP contribution in [0.25, 0.3) is 0 Å². The minimum atomic E-state index is -1.02. The summed E-state index contributed by atoms with van der Waals surface area (Å²) in [5.74, 6) is -0.322. The third kappa shape index (κ3) is 7.42. The lowest BCUT2D eigenvalue weighted by atomic mass is 9.90. The number of likely N-dealkylation sites (tertiary alicyclic amines) is 1. The summed E-state index contributed by atoms with van der Waals surface area (Å²) in [7, 11) is 1.30. The van der Waals surface area contributed by atoms with Gasteiger partial charge in [-0.15, -0.1) is 0 Å². The van der Waals surface area contributed by atoms with Crippen LogP contribution in [0.15, 0.2) is 40.8 Å². The maximum absolute atomic E-state index is 12.3. The Kier molecular flexibility index (Phi) is 9.34. The van der Waals surface area contributed by atoms with Crippen LogP contribution in [0.1, 0.15) is 56.1 Å². The molecule has 4 rings (SSSR count). The van der Waals surface area contributed by atoms with Crippen LogP contribution < -0.4 is 11.1 Å². The van der Waals surface area contributed by atoms with Gasteiger partial charge in [-0.2, -0.15) is 4.99 Å². The van der Waals surface area contributed by atoms with Gasteiger partial charge in [-0.1, -0.05) is 43.5 Å². The molecule has 202 valence electrons. The van der Waals surface area contributed by atoms with E-state index in [1.807, 2.05) is 12.1 Å². The van der Waals surface area contributed by atoms with E-state index in [1.165, 1.54) is 39.2 Å². The fraction of sp³-hybridized carbons (Fsp3) is 0.615. The van der Waals surface area contributed by atoms with Crippen molar-refractivity contribution >= 4 is 12.0 Å². The van der Waals surface area contributed by atoms with Crippen molar-refractivity contribution in [2.75, 3.05) is 33.4 Å². The number of carbonyl (C=O) groups is 1. The number of amidine groups is 1. The Morgan fingerprint density at radius 3 is 2.65 bits per heavy atom. The molecule has 0 spiro atoms. The molecule has 11 nitrogen and oxygen atoms in total. The summed E-state index contributed by atoms with van der Waals surface area (Å²) in [6.07, 6.45) is 7.17. The second-order valence-corrected chi connectivity index (χ2v) is 10.1. The van der Waals surface area contributed by atoms with Crippen LogP contribution >= 0.6 is 0 Å². The van der Waals surface area contributed by atoms with Gasteiger partial charge in [0.05, 0.1) is 25.2 Å².